The summed E-state index contributed by atoms with van der Waals surface area (Å²) < 4.78 is 64.3. The molecule has 1 aliphatic heterocycles. The first kappa shape index (κ1) is 33.4. The molecule has 0 spiro atoms. The summed E-state index contributed by atoms with van der Waals surface area (Å²) in [6.45, 7) is 0.451. The van der Waals surface area contributed by atoms with E-state index in [1.807, 2.05) is 0 Å². The predicted octanol–water partition coefficient (Wildman–Crippen LogP) is 4.41. The van der Waals surface area contributed by atoms with Crippen LogP contribution in [0.5, 0.6) is 11.5 Å². The molecule has 15 heteroatoms. The van der Waals surface area contributed by atoms with E-state index in [0.717, 1.165) is 21.9 Å². The van der Waals surface area contributed by atoms with Gasteiger partial charge in [0.15, 0.2) is 5.67 Å². The highest BCUT2D eigenvalue weighted by molar-refractivity contribution is 7.10. The fourth-order valence-corrected chi connectivity index (χ4v) is 5.70. The highest BCUT2D eigenvalue weighted by atomic mass is 32.1. The van der Waals surface area contributed by atoms with Crippen LogP contribution in [0.4, 0.5) is 17.6 Å². The molecular weight excluding hydrogens is 618 g/mol. The Morgan fingerprint density at radius 3 is 2.29 bits per heavy atom. The number of thiophene rings is 1. The van der Waals surface area contributed by atoms with Gasteiger partial charge < -0.3 is 30.7 Å². The van der Waals surface area contributed by atoms with Gasteiger partial charge >= 0.3 is 6.18 Å². The first-order valence-corrected chi connectivity index (χ1v) is 14.5. The minimum atomic E-state index is -4.47. The number of hydrogen-bond donors (Lipinski definition) is 4. The monoisotopic (exact) mass is 649 g/mol. The number of hydrogen-bond acceptors (Lipinski definition) is 7. The van der Waals surface area contributed by atoms with E-state index < -0.39 is 60.3 Å². The molecule has 4 rings (SSSR count). The topological polar surface area (TPSA) is 147 Å². The van der Waals surface area contributed by atoms with Crippen molar-refractivity contribution in [2.24, 2.45) is 5.73 Å². The smallest absolute Gasteiger partial charge is 0.416 e. The van der Waals surface area contributed by atoms with Crippen molar-refractivity contribution in [2.75, 3.05) is 26.8 Å². The van der Waals surface area contributed by atoms with E-state index in [1.54, 1.807) is 18.4 Å². The van der Waals surface area contributed by atoms with Crippen molar-refractivity contribution in [1.29, 1.82) is 5.41 Å². The number of ether oxygens (including phenoxy) is 2. The molecule has 3 atom stereocenters. The van der Waals surface area contributed by atoms with Crippen molar-refractivity contribution in [3.8, 4) is 11.5 Å². The number of nitrogen functional groups attached to an aromatic ring is 1. The number of halogens is 4. The van der Waals surface area contributed by atoms with Crippen LogP contribution in [0.1, 0.15) is 45.7 Å². The Morgan fingerprint density at radius 1 is 1.11 bits per heavy atom. The summed E-state index contributed by atoms with van der Waals surface area (Å²) in [6.07, 6.45) is -4.77. The number of benzene rings is 2. The van der Waals surface area contributed by atoms with Gasteiger partial charge in [0, 0.05) is 34.9 Å². The molecule has 1 aliphatic rings. The number of alkyl halides is 4. The number of nitrogens with two attached hydrogens (primary N) is 1. The van der Waals surface area contributed by atoms with Crippen molar-refractivity contribution in [2.45, 2.75) is 37.3 Å². The molecule has 240 valence electrons. The molecule has 45 heavy (non-hydrogen) atoms. The lowest BCUT2D eigenvalue weighted by Gasteiger charge is -2.25. The third kappa shape index (κ3) is 8.36. The Bertz CT molecular complexity index is 1550. The molecule has 1 fully saturated rings. The van der Waals surface area contributed by atoms with E-state index in [-0.39, 0.29) is 35.9 Å². The van der Waals surface area contributed by atoms with Gasteiger partial charge in [-0.1, -0.05) is 0 Å². The zero-order valence-corrected chi connectivity index (χ0v) is 25.1. The van der Waals surface area contributed by atoms with Crippen LogP contribution in [0.25, 0.3) is 0 Å². The van der Waals surface area contributed by atoms with Gasteiger partial charge in [-0.15, -0.1) is 11.3 Å². The maximum Gasteiger partial charge on any atom is 0.416 e. The van der Waals surface area contributed by atoms with E-state index in [4.69, 9.17) is 20.6 Å². The minimum Gasteiger partial charge on any atom is -0.457 e. The molecule has 2 heterocycles. The highest BCUT2D eigenvalue weighted by Gasteiger charge is 2.49. The highest BCUT2D eigenvalue weighted by Crippen LogP contribution is 2.33. The molecule has 3 amide bonds. The van der Waals surface area contributed by atoms with Crippen molar-refractivity contribution in [3.05, 3.63) is 81.5 Å². The quantitative estimate of drug-likeness (QED) is 0.138. The van der Waals surface area contributed by atoms with E-state index in [0.29, 0.717) is 5.56 Å². The molecule has 1 aromatic heterocycles. The number of carbonyl (C=O) groups is 3. The number of nitrogens with one attached hydrogen (secondary N) is 3. The SMILES string of the molecule is COC[C@@]1(F)C[C@@H](C(=O)NC(C)c2cc(C(=N)N)cs2)N(C(=O)CNC(=O)c2ccc(Oc3ccc(C(F)(F)F)cc3)cc2)C1. The van der Waals surface area contributed by atoms with Crippen LogP contribution in [0.15, 0.2) is 60.0 Å². The maximum absolute atomic E-state index is 15.5. The average Bonchev–Trinajstić information content (AvgIpc) is 3.62. The van der Waals surface area contributed by atoms with Gasteiger partial charge in [-0.2, -0.15) is 13.2 Å². The molecule has 3 aromatic rings. The maximum atomic E-state index is 15.5. The van der Waals surface area contributed by atoms with Crippen LogP contribution >= 0.6 is 11.3 Å². The lowest BCUT2D eigenvalue weighted by Crippen LogP contribution is -2.49. The summed E-state index contributed by atoms with van der Waals surface area (Å²) in [7, 11) is 1.31. The van der Waals surface area contributed by atoms with Gasteiger partial charge in [0.25, 0.3) is 5.91 Å². The normalized spacial score (nSPS) is 18.7. The Labute approximate surface area is 260 Å². The number of nitrogens with zero attached hydrogens (tertiary/aromatic N) is 1. The lowest BCUT2D eigenvalue weighted by atomic mass is 10.0. The Hall–Kier alpha value is -4.50. The summed E-state index contributed by atoms with van der Waals surface area (Å²) in [4.78, 5) is 40.9. The molecule has 0 bridgehead atoms. The Balaban J connectivity index is 1.36. The van der Waals surface area contributed by atoms with Crippen LogP contribution in [-0.4, -0.2) is 67.0 Å². The van der Waals surface area contributed by atoms with E-state index in [9.17, 15) is 27.6 Å². The number of likely N-dealkylation sites (tertiary alicyclic amines) is 1. The molecular formula is C30H31F4N5O5S. The van der Waals surface area contributed by atoms with Crippen LogP contribution in [0, 0.1) is 5.41 Å². The van der Waals surface area contributed by atoms with Gasteiger partial charge in [-0.3, -0.25) is 19.8 Å². The summed E-state index contributed by atoms with van der Waals surface area (Å²) in [5, 5.41) is 14.5. The summed E-state index contributed by atoms with van der Waals surface area (Å²) in [6, 6.07) is 9.81. The molecule has 5 N–H and O–H groups in total. The van der Waals surface area contributed by atoms with Gasteiger partial charge in [0.2, 0.25) is 11.8 Å². The Kier molecular flexibility index (Phi) is 10.1. The summed E-state index contributed by atoms with van der Waals surface area (Å²) >= 11 is 1.29. The first-order valence-electron chi connectivity index (χ1n) is 13.6. The van der Waals surface area contributed by atoms with E-state index >= 15 is 4.39 Å². The number of rotatable bonds is 11. The van der Waals surface area contributed by atoms with Crippen molar-refractivity contribution in [3.63, 3.8) is 0 Å². The Morgan fingerprint density at radius 2 is 1.73 bits per heavy atom. The van der Waals surface area contributed by atoms with Crippen LogP contribution < -0.4 is 21.1 Å². The lowest BCUT2D eigenvalue weighted by molar-refractivity contribution is -0.138. The van der Waals surface area contributed by atoms with E-state index in [2.05, 4.69) is 10.6 Å². The zero-order chi connectivity index (χ0) is 32.9. The van der Waals surface area contributed by atoms with Gasteiger partial charge in [0.1, 0.15) is 23.4 Å². The van der Waals surface area contributed by atoms with Crippen LogP contribution in [-0.2, 0) is 20.5 Å². The van der Waals surface area contributed by atoms with Crippen molar-refractivity contribution >= 4 is 34.9 Å². The van der Waals surface area contributed by atoms with Crippen LogP contribution in [0.3, 0.4) is 0 Å². The second-order valence-electron chi connectivity index (χ2n) is 10.5. The largest absolute Gasteiger partial charge is 0.457 e. The third-order valence-electron chi connectivity index (χ3n) is 7.07. The molecule has 0 radical (unpaired) electrons. The predicted molar refractivity (Wildman–Crippen MR) is 158 cm³/mol. The van der Waals surface area contributed by atoms with E-state index in [1.165, 1.54) is 54.8 Å². The fraction of sp³-hybridized carbons (Fsp3) is 0.333. The van der Waals surface area contributed by atoms with Crippen molar-refractivity contribution in [1.82, 2.24) is 15.5 Å². The third-order valence-corrected chi connectivity index (χ3v) is 8.18. The molecule has 1 saturated heterocycles. The average molecular weight is 650 g/mol. The summed E-state index contributed by atoms with van der Waals surface area (Å²) in [5.41, 5.74) is 3.39. The summed E-state index contributed by atoms with van der Waals surface area (Å²) in [5.74, 6) is -1.57. The molecule has 0 aliphatic carbocycles. The number of methoxy groups -OCH3 is 1. The number of carbonyl (C=O) groups excluding carboxylic acids is 3. The number of amidine groups is 1. The van der Waals surface area contributed by atoms with Gasteiger partial charge in [-0.25, -0.2) is 4.39 Å². The second kappa shape index (κ2) is 13.6. The number of amides is 3. The van der Waals surface area contributed by atoms with Crippen molar-refractivity contribution < 1.29 is 41.4 Å². The standard InChI is InChI=1S/C30H31F4N5O5S/c1-17(24-11-19(14-45-24)26(35)36)38-28(42)23-12-29(31,16-43-2)15-39(23)25(40)13-37-27(41)18-3-7-21(8-4-18)44-22-9-5-20(6-10-22)30(32,33)34/h3-11,14,17,23H,12-13,15-16H2,1-2H3,(H3,35,36)(H,37,41)(H,38,42)/t17?,23-,29+/m0/s1. The van der Waals surface area contributed by atoms with Crippen LogP contribution in [0.2, 0.25) is 0 Å². The van der Waals surface area contributed by atoms with Gasteiger partial charge in [0.05, 0.1) is 31.3 Å². The molecule has 2 aromatic carbocycles. The second-order valence-corrected chi connectivity index (χ2v) is 11.5. The van der Waals surface area contributed by atoms with Gasteiger partial charge in [-0.05, 0) is 61.5 Å². The first-order chi connectivity index (χ1) is 21.2. The fourth-order valence-electron chi connectivity index (χ4n) is 4.78. The molecule has 0 saturated carbocycles. The zero-order valence-electron chi connectivity index (χ0n) is 24.2. The minimum absolute atomic E-state index is 0.116. The molecule has 10 nitrogen and oxygen atoms in total. The molecule has 1 unspecified atom stereocenters.